The third-order valence-electron chi connectivity index (χ3n) is 1.56. The van der Waals surface area contributed by atoms with Crippen LogP contribution in [0.5, 0.6) is 0 Å². The van der Waals surface area contributed by atoms with Gasteiger partial charge in [0.15, 0.2) is 0 Å². The average molecular weight is 157 g/mol. The Morgan fingerprint density at radius 3 is 2.27 bits per heavy atom. The number of hydrogen-bond acceptors (Lipinski definition) is 2. The first-order valence-corrected chi connectivity index (χ1v) is 3.29. The fourth-order valence-electron chi connectivity index (χ4n) is 1.02. The predicted molar refractivity (Wildman–Crippen MR) is 36.0 cm³/mol. The van der Waals surface area contributed by atoms with Gasteiger partial charge < -0.3 is 0 Å². The first kappa shape index (κ1) is 7.91. The lowest BCUT2D eigenvalue weighted by atomic mass is 10.4. The van der Waals surface area contributed by atoms with E-state index in [9.17, 15) is 14.0 Å². The van der Waals surface area contributed by atoms with Crippen molar-refractivity contribution in [1.29, 1.82) is 0 Å². The van der Waals surface area contributed by atoms with Gasteiger partial charge in [0.05, 0.1) is 5.70 Å². The normalized spacial score (nSPS) is 19.8. The average Bonchev–Trinajstić information content (AvgIpc) is 2.30. The van der Waals surface area contributed by atoms with Crippen LogP contribution < -0.4 is 0 Å². The number of halogens is 1. The summed E-state index contributed by atoms with van der Waals surface area (Å²) < 4.78 is 11.9. The van der Waals surface area contributed by atoms with Gasteiger partial charge in [-0.1, -0.05) is 0 Å². The maximum Gasteiger partial charge on any atom is 0.234 e. The zero-order chi connectivity index (χ0) is 8.43. The summed E-state index contributed by atoms with van der Waals surface area (Å²) in [5, 5.41) is 0. The van der Waals surface area contributed by atoms with Crippen molar-refractivity contribution in [3.05, 3.63) is 12.0 Å². The quantitative estimate of drug-likeness (QED) is 0.532. The molecule has 1 saturated heterocycles. The van der Waals surface area contributed by atoms with Crippen LogP contribution in [0, 0.1) is 0 Å². The van der Waals surface area contributed by atoms with Crippen LogP contribution in [0.25, 0.3) is 0 Å². The Hall–Kier alpha value is -1.19. The molecule has 0 N–H and O–H groups in total. The zero-order valence-electron chi connectivity index (χ0n) is 6.13. The van der Waals surface area contributed by atoms with Crippen LogP contribution in [-0.2, 0) is 9.59 Å². The van der Waals surface area contributed by atoms with Crippen molar-refractivity contribution < 1.29 is 14.0 Å². The topological polar surface area (TPSA) is 37.4 Å². The Bertz CT molecular complexity index is 219. The summed E-state index contributed by atoms with van der Waals surface area (Å²) >= 11 is 0. The number of nitrogens with zero attached hydrogens (tertiary/aromatic N) is 1. The van der Waals surface area contributed by atoms with Crippen LogP contribution in [0.15, 0.2) is 12.0 Å². The van der Waals surface area contributed by atoms with Crippen LogP contribution in [0.4, 0.5) is 4.39 Å². The number of allylic oxidation sites excluding steroid dienone is 1. The minimum absolute atomic E-state index is 0.0671. The van der Waals surface area contributed by atoms with Crippen LogP contribution in [-0.4, -0.2) is 16.7 Å². The second-order valence-corrected chi connectivity index (χ2v) is 2.37. The monoisotopic (exact) mass is 157 g/mol. The molecule has 1 aliphatic rings. The lowest BCUT2D eigenvalue weighted by Crippen LogP contribution is -2.26. The maximum absolute atomic E-state index is 11.9. The molecule has 0 spiro atoms. The molecule has 2 amide bonds. The maximum atomic E-state index is 11.9. The second kappa shape index (κ2) is 2.82. The van der Waals surface area contributed by atoms with E-state index >= 15 is 0 Å². The molecule has 1 fully saturated rings. The molecule has 0 aliphatic carbocycles. The van der Waals surface area contributed by atoms with Gasteiger partial charge in [-0.3, -0.25) is 14.5 Å². The highest BCUT2D eigenvalue weighted by molar-refractivity contribution is 6.03. The molecule has 0 aromatic rings. The van der Waals surface area contributed by atoms with E-state index in [0.29, 0.717) is 0 Å². The van der Waals surface area contributed by atoms with Crippen LogP contribution in [0.1, 0.15) is 19.8 Å². The smallest absolute Gasteiger partial charge is 0.234 e. The van der Waals surface area contributed by atoms with Crippen molar-refractivity contribution in [3.8, 4) is 0 Å². The molecule has 0 aromatic heterocycles. The van der Waals surface area contributed by atoms with Gasteiger partial charge in [-0.2, -0.15) is 0 Å². The van der Waals surface area contributed by atoms with Crippen molar-refractivity contribution in [3.63, 3.8) is 0 Å². The number of carbonyl (C=O) groups is 2. The second-order valence-electron chi connectivity index (χ2n) is 2.37. The number of amides is 2. The molecule has 0 bridgehead atoms. The molecule has 0 aromatic carbocycles. The Balaban J connectivity index is 2.85. The Morgan fingerprint density at radius 2 is 1.91 bits per heavy atom. The Labute approximate surface area is 63.5 Å². The summed E-state index contributed by atoms with van der Waals surface area (Å²) in [4.78, 5) is 22.6. The summed E-state index contributed by atoms with van der Waals surface area (Å²) in [7, 11) is 0. The van der Waals surface area contributed by atoms with E-state index in [4.69, 9.17) is 0 Å². The molecule has 0 unspecified atom stereocenters. The van der Waals surface area contributed by atoms with Gasteiger partial charge in [0.25, 0.3) is 0 Å². The lowest BCUT2D eigenvalue weighted by Gasteiger charge is -2.11. The molecule has 0 radical (unpaired) electrons. The first-order chi connectivity index (χ1) is 5.16. The third-order valence-corrected chi connectivity index (χ3v) is 1.56. The highest BCUT2D eigenvalue weighted by Gasteiger charge is 2.29. The third kappa shape index (κ3) is 1.29. The molecule has 60 valence electrons. The molecular formula is C7H8FNO2. The van der Waals surface area contributed by atoms with Gasteiger partial charge in [0.2, 0.25) is 11.8 Å². The molecule has 0 atom stereocenters. The van der Waals surface area contributed by atoms with Crippen LogP contribution >= 0.6 is 0 Å². The van der Waals surface area contributed by atoms with Gasteiger partial charge in [0, 0.05) is 12.8 Å². The molecule has 1 rings (SSSR count). The predicted octanol–water partition coefficient (Wildman–Crippen LogP) is 0.966. The summed E-state index contributed by atoms with van der Waals surface area (Å²) in [6, 6.07) is 0. The molecule has 1 heterocycles. The van der Waals surface area contributed by atoms with Crippen molar-refractivity contribution in [2.24, 2.45) is 0 Å². The summed E-state index contributed by atoms with van der Waals surface area (Å²) in [5.41, 5.74) is 0.0671. The molecular weight excluding hydrogens is 149 g/mol. The molecule has 4 heteroatoms. The number of likely N-dealkylation sites (tertiary alicyclic amines) is 1. The molecule has 3 nitrogen and oxygen atoms in total. The first-order valence-electron chi connectivity index (χ1n) is 3.29. The van der Waals surface area contributed by atoms with Gasteiger partial charge in [-0.05, 0) is 6.92 Å². The lowest BCUT2D eigenvalue weighted by molar-refractivity contribution is -0.135. The minimum Gasteiger partial charge on any atom is -0.274 e. The largest absolute Gasteiger partial charge is 0.274 e. The van der Waals surface area contributed by atoms with E-state index in [2.05, 4.69) is 0 Å². The van der Waals surface area contributed by atoms with Gasteiger partial charge in [0.1, 0.15) is 6.33 Å². The Morgan fingerprint density at radius 1 is 1.45 bits per heavy atom. The van der Waals surface area contributed by atoms with Gasteiger partial charge in [-0.25, -0.2) is 4.39 Å². The molecule has 0 saturated carbocycles. The Kier molecular flexibility index (Phi) is 2.03. The van der Waals surface area contributed by atoms with E-state index in [1.165, 1.54) is 6.92 Å². The zero-order valence-corrected chi connectivity index (χ0v) is 6.13. The summed E-state index contributed by atoms with van der Waals surface area (Å²) in [5.74, 6) is -0.636. The van der Waals surface area contributed by atoms with E-state index in [0.717, 1.165) is 4.90 Å². The van der Waals surface area contributed by atoms with Crippen molar-refractivity contribution in [2.45, 2.75) is 19.8 Å². The highest BCUT2D eigenvalue weighted by Crippen LogP contribution is 2.17. The van der Waals surface area contributed by atoms with Crippen molar-refractivity contribution >= 4 is 11.8 Å². The summed E-state index contributed by atoms with van der Waals surface area (Å²) in [6.07, 6.45) is 0.662. The van der Waals surface area contributed by atoms with E-state index in [1.807, 2.05) is 0 Å². The minimum atomic E-state index is -0.318. The fraction of sp³-hybridized carbons (Fsp3) is 0.429. The molecule has 11 heavy (non-hydrogen) atoms. The van der Waals surface area contributed by atoms with E-state index in [-0.39, 0.29) is 36.7 Å². The van der Waals surface area contributed by atoms with Gasteiger partial charge >= 0.3 is 0 Å². The number of imide groups is 1. The standard InChI is InChI=1S/C7H8FNO2/c1-5(4-8)9-6(10)2-3-7(9)11/h4H,2-3H2,1H3/b5-4-. The van der Waals surface area contributed by atoms with Crippen molar-refractivity contribution in [1.82, 2.24) is 4.90 Å². The summed E-state index contributed by atoms with van der Waals surface area (Å²) in [6.45, 7) is 1.39. The SMILES string of the molecule is C/C(=C/F)N1C(=O)CCC1=O. The van der Waals surface area contributed by atoms with E-state index < -0.39 is 0 Å². The number of carbonyl (C=O) groups excluding carboxylic acids is 2. The van der Waals surface area contributed by atoms with Gasteiger partial charge in [-0.15, -0.1) is 0 Å². The fourth-order valence-corrected chi connectivity index (χ4v) is 1.02. The van der Waals surface area contributed by atoms with E-state index in [1.54, 1.807) is 0 Å². The van der Waals surface area contributed by atoms with Crippen LogP contribution in [0.2, 0.25) is 0 Å². The van der Waals surface area contributed by atoms with Crippen LogP contribution in [0.3, 0.4) is 0 Å². The number of rotatable bonds is 1. The molecule has 1 aliphatic heterocycles. The highest BCUT2D eigenvalue weighted by atomic mass is 19.1. The van der Waals surface area contributed by atoms with Crippen molar-refractivity contribution in [2.75, 3.05) is 0 Å². The number of hydrogen-bond donors (Lipinski definition) is 0.